The molecule has 3 nitrogen and oxygen atoms in total. The number of nitrogens with one attached hydrogen (secondary N) is 1. The number of rotatable bonds is 5. The number of aryl methyl sites for hydroxylation is 2. The number of amides is 1. The normalized spacial score (nSPS) is 14.0. The number of hydrogen-bond acceptors (Lipinski definition) is 3. The van der Waals surface area contributed by atoms with Gasteiger partial charge in [0.2, 0.25) is 0 Å². The predicted octanol–water partition coefficient (Wildman–Crippen LogP) is 5.22. The molecule has 1 atom stereocenters. The summed E-state index contributed by atoms with van der Waals surface area (Å²) in [6, 6.07) is 18.1. The summed E-state index contributed by atoms with van der Waals surface area (Å²) < 4.78 is 0. The lowest BCUT2D eigenvalue weighted by molar-refractivity contribution is -0.120. The minimum absolute atomic E-state index is 0.128. The Hall–Kier alpha value is -2.30. The van der Waals surface area contributed by atoms with E-state index in [0.29, 0.717) is 5.02 Å². The zero-order valence-electron chi connectivity index (χ0n) is 14.9. The summed E-state index contributed by atoms with van der Waals surface area (Å²) in [5.41, 5.74) is 6.48. The highest BCUT2D eigenvalue weighted by atomic mass is 35.5. The Morgan fingerprint density at radius 3 is 2.63 bits per heavy atom. The van der Waals surface area contributed by atoms with Crippen molar-refractivity contribution in [3.05, 3.63) is 76.3 Å². The van der Waals surface area contributed by atoms with Crippen molar-refractivity contribution in [3.8, 4) is 0 Å². The molecule has 0 saturated carbocycles. The fraction of sp³-hybridized carbons (Fsp3) is 0.182. The van der Waals surface area contributed by atoms with E-state index in [2.05, 4.69) is 40.9 Å². The van der Waals surface area contributed by atoms with Crippen LogP contribution >= 0.6 is 23.4 Å². The van der Waals surface area contributed by atoms with Gasteiger partial charge in [0, 0.05) is 15.5 Å². The van der Waals surface area contributed by atoms with Gasteiger partial charge in [0.25, 0.3) is 5.91 Å². The summed E-state index contributed by atoms with van der Waals surface area (Å²) in [4.78, 5) is 13.3. The molecule has 27 heavy (non-hydrogen) atoms. The van der Waals surface area contributed by atoms with Gasteiger partial charge in [0.05, 0.1) is 11.5 Å². The number of thioether (sulfide) groups is 1. The monoisotopic (exact) mass is 394 g/mol. The second-order valence-electron chi connectivity index (χ2n) is 6.60. The molecule has 0 radical (unpaired) electrons. The number of benzene rings is 3. The summed E-state index contributed by atoms with van der Waals surface area (Å²) in [5.74, 6) is -0.128. The van der Waals surface area contributed by atoms with E-state index >= 15 is 0 Å². The maximum Gasteiger partial charge on any atom is 0.253 e. The minimum atomic E-state index is -0.254. The van der Waals surface area contributed by atoms with E-state index in [1.807, 2.05) is 31.2 Å². The molecule has 136 valence electrons. The third-order valence-corrected chi connectivity index (χ3v) is 6.15. The second-order valence-corrected chi connectivity index (χ2v) is 8.45. The van der Waals surface area contributed by atoms with Gasteiger partial charge in [0.1, 0.15) is 0 Å². The Labute approximate surface area is 167 Å². The smallest absolute Gasteiger partial charge is 0.253 e. The maximum absolute atomic E-state index is 12.3. The van der Waals surface area contributed by atoms with Crippen LogP contribution in [0.5, 0.6) is 0 Å². The molecule has 0 heterocycles. The van der Waals surface area contributed by atoms with Crippen molar-refractivity contribution in [2.75, 3.05) is 0 Å². The van der Waals surface area contributed by atoms with Crippen LogP contribution in [0.15, 0.2) is 64.6 Å². The molecule has 5 heteroatoms. The number of carbonyl (C=O) groups is 1. The average molecular weight is 395 g/mol. The van der Waals surface area contributed by atoms with E-state index in [0.717, 1.165) is 23.3 Å². The van der Waals surface area contributed by atoms with Gasteiger partial charge in [-0.1, -0.05) is 41.9 Å². The van der Waals surface area contributed by atoms with Gasteiger partial charge in [-0.15, -0.1) is 11.8 Å². The number of carbonyl (C=O) groups excluding carboxylic acids is 1. The van der Waals surface area contributed by atoms with Crippen LogP contribution < -0.4 is 5.43 Å². The van der Waals surface area contributed by atoms with E-state index in [-0.39, 0.29) is 11.2 Å². The highest BCUT2D eigenvalue weighted by Gasteiger charge is 2.16. The maximum atomic E-state index is 12.3. The van der Waals surface area contributed by atoms with E-state index < -0.39 is 0 Å². The van der Waals surface area contributed by atoms with Crippen molar-refractivity contribution in [2.45, 2.75) is 29.9 Å². The molecule has 0 fully saturated rings. The molecule has 3 aromatic rings. The molecule has 1 aliphatic rings. The molecule has 1 aliphatic carbocycles. The van der Waals surface area contributed by atoms with Crippen LogP contribution in [0.4, 0.5) is 0 Å². The molecule has 1 unspecified atom stereocenters. The standard InChI is InChI=1S/C22H19ClN2OS/c1-14(27-19-11-9-18(23)10-12-19)22(26)25-24-13-17-8-7-16-6-5-15-3-2-4-20(17)21(15)16/h2-4,7-14H,5-6H2,1H3,(H,25,26)/b24-13+. The summed E-state index contributed by atoms with van der Waals surface area (Å²) in [6.45, 7) is 1.86. The van der Waals surface area contributed by atoms with Gasteiger partial charge < -0.3 is 0 Å². The van der Waals surface area contributed by atoms with Gasteiger partial charge in [0.15, 0.2) is 0 Å². The Kier molecular flexibility index (Phi) is 5.19. The third kappa shape index (κ3) is 3.87. The van der Waals surface area contributed by atoms with Crippen LogP contribution in [0.1, 0.15) is 23.6 Å². The fourth-order valence-electron chi connectivity index (χ4n) is 3.41. The quantitative estimate of drug-likeness (QED) is 0.366. The third-order valence-electron chi connectivity index (χ3n) is 4.78. The van der Waals surface area contributed by atoms with Gasteiger partial charge in [-0.05, 0) is 65.9 Å². The van der Waals surface area contributed by atoms with Crippen LogP contribution in [-0.2, 0) is 17.6 Å². The van der Waals surface area contributed by atoms with E-state index in [4.69, 9.17) is 11.6 Å². The first-order valence-corrected chi connectivity index (χ1v) is 10.2. The molecule has 1 N–H and O–H groups in total. The van der Waals surface area contributed by atoms with Crippen LogP contribution in [-0.4, -0.2) is 17.4 Å². The summed E-state index contributed by atoms with van der Waals surface area (Å²) in [5, 5.41) is 7.17. The number of hydrogen-bond donors (Lipinski definition) is 1. The van der Waals surface area contributed by atoms with Crippen LogP contribution in [0, 0.1) is 0 Å². The first-order valence-electron chi connectivity index (χ1n) is 8.90. The summed E-state index contributed by atoms with van der Waals surface area (Å²) in [7, 11) is 0. The van der Waals surface area contributed by atoms with Crippen LogP contribution in [0.25, 0.3) is 10.8 Å². The lowest BCUT2D eigenvalue weighted by Gasteiger charge is -2.09. The highest BCUT2D eigenvalue weighted by molar-refractivity contribution is 8.00. The Bertz CT molecular complexity index is 1020. The zero-order chi connectivity index (χ0) is 18.8. The number of hydrazone groups is 1. The van der Waals surface area contributed by atoms with Gasteiger partial charge >= 0.3 is 0 Å². The average Bonchev–Trinajstić information content (AvgIpc) is 3.10. The Balaban J connectivity index is 1.44. The molecular formula is C22H19ClN2OS. The minimum Gasteiger partial charge on any atom is -0.272 e. The topological polar surface area (TPSA) is 41.5 Å². The molecule has 4 rings (SSSR count). The van der Waals surface area contributed by atoms with E-state index in [1.165, 1.54) is 33.7 Å². The first kappa shape index (κ1) is 18.1. The van der Waals surface area contributed by atoms with Gasteiger partial charge in [-0.2, -0.15) is 5.10 Å². The largest absolute Gasteiger partial charge is 0.272 e. The lowest BCUT2D eigenvalue weighted by Crippen LogP contribution is -2.26. The van der Waals surface area contributed by atoms with Crippen molar-refractivity contribution in [3.63, 3.8) is 0 Å². The van der Waals surface area contributed by atoms with Crippen molar-refractivity contribution in [1.29, 1.82) is 0 Å². The molecule has 0 spiro atoms. The Morgan fingerprint density at radius 1 is 1.11 bits per heavy atom. The zero-order valence-corrected chi connectivity index (χ0v) is 16.5. The summed E-state index contributed by atoms with van der Waals surface area (Å²) in [6.07, 6.45) is 3.94. The SMILES string of the molecule is CC(Sc1ccc(Cl)cc1)C(=O)N/N=C/c1ccc2c3c(cccc13)CC2. The fourth-order valence-corrected chi connectivity index (χ4v) is 4.40. The van der Waals surface area contributed by atoms with Crippen molar-refractivity contribution >= 4 is 46.3 Å². The number of halogens is 1. The van der Waals surface area contributed by atoms with Gasteiger partial charge in [-0.25, -0.2) is 5.43 Å². The predicted molar refractivity (Wildman–Crippen MR) is 114 cm³/mol. The molecule has 0 aliphatic heterocycles. The van der Waals surface area contributed by atoms with Crippen molar-refractivity contribution in [2.24, 2.45) is 5.10 Å². The van der Waals surface area contributed by atoms with E-state index in [1.54, 1.807) is 6.21 Å². The molecular weight excluding hydrogens is 376 g/mol. The molecule has 3 aromatic carbocycles. The van der Waals surface area contributed by atoms with Crippen molar-refractivity contribution in [1.82, 2.24) is 5.43 Å². The van der Waals surface area contributed by atoms with Gasteiger partial charge in [-0.3, -0.25) is 4.79 Å². The number of nitrogens with zero attached hydrogens (tertiary/aromatic N) is 1. The summed E-state index contributed by atoms with van der Waals surface area (Å²) >= 11 is 7.37. The Morgan fingerprint density at radius 2 is 1.85 bits per heavy atom. The lowest BCUT2D eigenvalue weighted by atomic mass is 10.0. The van der Waals surface area contributed by atoms with Crippen molar-refractivity contribution < 1.29 is 4.79 Å². The second kappa shape index (κ2) is 7.75. The molecule has 1 amide bonds. The first-order chi connectivity index (χ1) is 13.1. The molecule has 0 bridgehead atoms. The van der Waals surface area contributed by atoms with Crippen LogP contribution in [0.2, 0.25) is 5.02 Å². The highest BCUT2D eigenvalue weighted by Crippen LogP contribution is 2.32. The van der Waals surface area contributed by atoms with E-state index in [9.17, 15) is 4.79 Å². The molecule has 0 aromatic heterocycles. The van der Waals surface area contributed by atoms with Crippen LogP contribution in [0.3, 0.4) is 0 Å². The molecule has 0 saturated heterocycles.